The van der Waals surface area contributed by atoms with Crippen LogP contribution in [0.1, 0.15) is 22.3 Å². The Morgan fingerprint density at radius 3 is 1.32 bits per heavy atom. The van der Waals surface area contributed by atoms with Gasteiger partial charge in [-0.2, -0.15) is 0 Å². The van der Waals surface area contributed by atoms with Crippen molar-refractivity contribution in [3.05, 3.63) is 170 Å². The van der Waals surface area contributed by atoms with Crippen molar-refractivity contribution in [2.45, 2.75) is 10.8 Å². The van der Waals surface area contributed by atoms with Crippen molar-refractivity contribution < 1.29 is 14.4 Å². The Balaban J connectivity index is 1.55. The molecule has 1 saturated carbocycles. The number of carbonyl (C=O) groups is 3. The summed E-state index contributed by atoms with van der Waals surface area (Å²) in [7, 11) is 0. The van der Waals surface area contributed by atoms with Crippen LogP contribution in [0.5, 0.6) is 0 Å². The number of allylic oxidation sites excluding steroid dienone is 2. The number of ketones is 1. The molecule has 2 bridgehead atoms. The summed E-state index contributed by atoms with van der Waals surface area (Å²) in [6, 6.07) is 38.0. The molecule has 8 rings (SSSR count). The molecule has 230 valence electrons. The fourth-order valence-corrected chi connectivity index (χ4v) is 8.78. The van der Waals surface area contributed by atoms with Gasteiger partial charge in [0.05, 0.1) is 38.4 Å². The predicted molar refractivity (Wildman–Crippen MR) is 187 cm³/mol. The molecule has 4 atom stereocenters. The Morgan fingerprint density at radius 2 is 0.915 bits per heavy atom. The largest absolute Gasteiger partial charge is 0.297 e. The van der Waals surface area contributed by atoms with Gasteiger partial charge >= 0.3 is 0 Å². The van der Waals surface area contributed by atoms with Crippen LogP contribution in [0, 0.1) is 11.8 Å². The molecule has 4 nitrogen and oxygen atoms in total. The number of anilines is 1. The summed E-state index contributed by atoms with van der Waals surface area (Å²) in [5.74, 6) is -3.39. The Morgan fingerprint density at radius 1 is 0.489 bits per heavy atom. The average Bonchev–Trinajstić information content (AvgIpc) is 3.59. The number of Topliss-reactive ketones (excluding diaryl/α,β-unsaturated/α-hetero) is 1. The van der Waals surface area contributed by atoms with Crippen molar-refractivity contribution in [1.82, 2.24) is 0 Å². The van der Waals surface area contributed by atoms with E-state index in [-0.39, 0.29) is 16.5 Å². The molecule has 1 aliphatic heterocycles. The second-order valence-corrected chi connectivity index (χ2v) is 13.7. The number of imide groups is 1. The van der Waals surface area contributed by atoms with Crippen LogP contribution in [0.3, 0.4) is 0 Å². The van der Waals surface area contributed by atoms with Gasteiger partial charge in [0.15, 0.2) is 5.78 Å². The molecule has 0 unspecified atom stereocenters. The number of carbonyl (C=O) groups excluding carboxylic acids is 3. The summed E-state index contributed by atoms with van der Waals surface area (Å²) in [5, 5.41) is 1.45. The molecular weight excluding hydrogens is 672 g/mol. The van der Waals surface area contributed by atoms with Crippen molar-refractivity contribution in [3.8, 4) is 0 Å². The summed E-state index contributed by atoms with van der Waals surface area (Å²) in [6.07, 6.45) is 0. The normalized spacial score (nSPS) is 24.8. The fourth-order valence-electron chi connectivity index (χ4n) is 8.24. The third-order valence-corrected chi connectivity index (χ3v) is 11.1. The highest BCUT2D eigenvalue weighted by Crippen LogP contribution is 2.74. The van der Waals surface area contributed by atoms with E-state index in [9.17, 15) is 0 Å². The van der Waals surface area contributed by atoms with Crippen LogP contribution in [-0.4, -0.2) is 17.6 Å². The molecule has 0 spiro atoms. The molecule has 0 N–H and O–H groups in total. The van der Waals surface area contributed by atoms with E-state index in [0.29, 0.717) is 37.3 Å². The zero-order valence-electron chi connectivity index (χ0n) is 24.5. The molecule has 2 amide bonds. The number of fused-ring (bicyclic) bond motifs is 5. The first kappa shape index (κ1) is 30.2. The molecule has 0 radical (unpaired) electrons. The third kappa shape index (κ3) is 3.99. The van der Waals surface area contributed by atoms with Crippen molar-refractivity contribution in [2.24, 2.45) is 11.8 Å². The van der Waals surface area contributed by atoms with Gasteiger partial charge in [0, 0.05) is 10.0 Å². The van der Waals surface area contributed by atoms with Crippen LogP contribution in [-0.2, 0) is 25.2 Å². The second-order valence-electron chi connectivity index (χ2n) is 12.0. The summed E-state index contributed by atoms with van der Waals surface area (Å²) < 4.78 is 0. The lowest BCUT2D eigenvalue weighted by Crippen LogP contribution is -2.45. The quantitative estimate of drug-likeness (QED) is 0.172. The smallest absolute Gasteiger partial charge is 0.239 e. The Bertz CT molecular complexity index is 2020. The van der Waals surface area contributed by atoms with E-state index in [2.05, 4.69) is 0 Å². The molecule has 2 aliphatic carbocycles. The third-order valence-electron chi connectivity index (χ3n) is 9.88. The molecule has 0 aromatic heterocycles. The number of nitrogens with zero attached hydrogens (tertiary/aromatic N) is 1. The molecule has 3 aliphatic rings. The highest BCUT2D eigenvalue weighted by molar-refractivity contribution is 6.43. The molecule has 1 saturated heterocycles. The second kappa shape index (κ2) is 10.9. The Labute approximate surface area is 291 Å². The number of hydrogen-bond donors (Lipinski definition) is 0. The minimum Gasteiger partial charge on any atom is -0.297 e. The van der Waals surface area contributed by atoms with Crippen molar-refractivity contribution in [3.63, 3.8) is 0 Å². The first-order valence-corrected chi connectivity index (χ1v) is 16.5. The zero-order chi connectivity index (χ0) is 32.7. The number of amides is 2. The Kier molecular flexibility index (Phi) is 7.02. The van der Waals surface area contributed by atoms with E-state index in [1.54, 1.807) is 60.7 Å². The molecule has 5 aromatic rings. The van der Waals surface area contributed by atoms with Crippen LogP contribution in [0.25, 0.3) is 11.1 Å². The Hall–Kier alpha value is -4.19. The lowest BCUT2D eigenvalue weighted by Gasteiger charge is -2.39. The minimum atomic E-state index is -1.56. The van der Waals surface area contributed by atoms with Gasteiger partial charge in [-0.15, -0.1) is 0 Å². The molecule has 5 aromatic carbocycles. The van der Waals surface area contributed by atoms with Gasteiger partial charge < -0.3 is 0 Å². The summed E-state index contributed by atoms with van der Waals surface area (Å²) in [6.45, 7) is 0. The molecular formula is C39H23Cl4NO3. The van der Waals surface area contributed by atoms with Crippen molar-refractivity contribution in [2.75, 3.05) is 4.90 Å². The maximum Gasteiger partial charge on any atom is 0.239 e. The molecule has 47 heavy (non-hydrogen) atoms. The number of rotatable bonds is 5. The zero-order valence-corrected chi connectivity index (χ0v) is 27.5. The predicted octanol–water partition coefficient (Wildman–Crippen LogP) is 9.49. The van der Waals surface area contributed by atoms with E-state index in [1.807, 2.05) is 60.7 Å². The van der Waals surface area contributed by atoms with Gasteiger partial charge in [-0.25, -0.2) is 4.90 Å². The SMILES string of the molecule is O=C1[C@H]2[C@H](C(=O)N1c1ccc(Cl)c(Cl)c1)[C@@]1(c3ccc(Cl)cc3)C(=O)[C@@]2(c2ccc(Cl)cc2)C(c2ccccc2)=C1c1ccccc1. The first-order valence-electron chi connectivity index (χ1n) is 15.0. The van der Waals surface area contributed by atoms with Gasteiger partial charge in [0.2, 0.25) is 11.8 Å². The number of hydrogen-bond acceptors (Lipinski definition) is 3. The van der Waals surface area contributed by atoms with Gasteiger partial charge in [-0.3, -0.25) is 14.4 Å². The lowest BCUT2D eigenvalue weighted by molar-refractivity contribution is -0.130. The summed E-state index contributed by atoms with van der Waals surface area (Å²) in [5.41, 5.74) is 1.26. The van der Waals surface area contributed by atoms with Crippen LogP contribution in [0.4, 0.5) is 5.69 Å². The highest BCUT2D eigenvalue weighted by Gasteiger charge is 2.82. The minimum absolute atomic E-state index is 0.203. The van der Waals surface area contributed by atoms with Crippen LogP contribution >= 0.6 is 46.4 Å². The van der Waals surface area contributed by atoms with Crippen molar-refractivity contribution >= 4 is 80.8 Å². The molecule has 8 heteroatoms. The summed E-state index contributed by atoms with van der Waals surface area (Å²) in [4.78, 5) is 47.2. The maximum atomic E-state index is 15.9. The van der Waals surface area contributed by atoms with E-state index >= 15 is 14.4 Å². The fraction of sp³-hybridized carbons (Fsp3) is 0.103. The lowest BCUT2D eigenvalue weighted by atomic mass is 9.59. The average molecular weight is 695 g/mol. The maximum absolute atomic E-state index is 15.9. The van der Waals surface area contributed by atoms with E-state index < -0.39 is 34.5 Å². The van der Waals surface area contributed by atoms with E-state index in [4.69, 9.17) is 46.4 Å². The summed E-state index contributed by atoms with van der Waals surface area (Å²) >= 11 is 25.5. The van der Waals surface area contributed by atoms with Gasteiger partial charge in [0.25, 0.3) is 0 Å². The van der Waals surface area contributed by atoms with Crippen LogP contribution < -0.4 is 4.90 Å². The highest BCUT2D eigenvalue weighted by atomic mass is 35.5. The number of halogens is 4. The van der Waals surface area contributed by atoms with E-state index in [1.165, 1.54) is 11.0 Å². The van der Waals surface area contributed by atoms with Crippen molar-refractivity contribution in [1.29, 1.82) is 0 Å². The topological polar surface area (TPSA) is 54.5 Å². The van der Waals surface area contributed by atoms with Gasteiger partial charge in [0.1, 0.15) is 0 Å². The van der Waals surface area contributed by atoms with Gasteiger partial charge in [-0.05, 0) is 75.9 Å². The number of benzene rings is 5. The molecule has 1 heterocycles. The van der Waals surface area contributed by atoms with Crippen LogP contribution in [0.15, 0.2) is 127 Å². The molecule has 2 fully saturated rings. The first-order chi connectivity index (χ1) is 22.7. The monoisotopic (exact) mass is 693 g/mol. The van der Waals surface area contributed by atoms with E-state index in [0.717, 1.165) is 11.1 Å². The van der Waals surface area contributed by atoms with Crippen LogP contribution in [0.2, 0.25) is 20.1 Å². The van der Waals surface area contributed by atoms with Gasteiger partial charge in [-0.1, -0.05) is 131 Å². The standard InChI is InChI=1S/C39H23Cl4NO3/c40-26-15-11-24(12-16-26)38-31(22-7-3-1-4-8-22)32(23-9-5-2-6-10-23)39(37(38)47,25-13-17-27(41)18-14-25)34-33(38)35(45)44(36(34)46)28-19-20-29(42)30(43)21-28/h1-21,33-34H/t33-,34-,38+,39+/m1/s1.